The molecule has 0 saturated heterocycles. The topological polar surface area (TPSA) is 84.2 Å². The Morgan fingerprint density at radius 3 is 2.59 bits per heavy atom. The number of furan rings is 1. The molecule has 0 aliphatic rings. The Labute approximate surface area is 179 Å². The number of carbonyl (C=O) groups excluding carboxylic acids is 2. The van der Waals surface area contributed by atoms with Gasteiger partial charge >= 0.3 is 0 Å². The normalized spacial score (nSPS) is 10.7. The maximum absolute atomic E-state index is 12.5. The smallest absolute Gasteiger partial charge is 0.291 e. The number of thiazole rings is 1. The van der Waals surface area contributed by atoms with Crippen LogP contribution in [0.15, 0.2) is 69.5 Å². The molecule has 0 aliphatic carbocycles. The van der Waals surface area contributed by atoms with Crippen molar-refractivity contribution in [3.05, 3.63) is 70.8 Å². The van der Waals surface area contributed by atoms with E-state index < -0.39 is 0 Å². The number of hydrogen-bond donors (Lipinski definition) is 2. The fraction of sp³-hybridized carbons (Fsp3) is 0.0500. The third-order valence-corrected chi connectivity index (χ3v) is 6.42. The minimum Gasteiger partial charge on any atom is -0.459 e. The molecule has 4 aromatic rings. The number of thiophene rings is 1. The van der Waals surface area contributed by atoms with E-state index in [2.05, 4.69) is 15.6 Å². The molecule has 29 heavy (non-hydrogen) atoms. The van der Waals surface area contributed by atoms with Gasteiger partial charge in [-0.3, -0.25) is 14.9 Å². The first-order valence-electron chi connectivity index (χ1n) is 8.48. The van der Waals surface area contributed by atoms with Gasteiger partial charge in [0, 0.05) is 15.8 Å². The van der Waals surface area contributed by atoms with E-state index in [0.717, 1.165) is 11.3 Å². The first-order valence-corrected chi connectivity index (χ1v) is 11.4. The first-order chi connectivity index (χ1) is 14.1. The van der Waals surface area contributed by atoms with Gasteiger partial charge in [-0.05, 0) is 42.7 Å². The minimum atomic E-state index is -0.360. The molecule has 0 radical (unpaired) electrons. The highest BCUT2D eigenvalue weighted by atomic mass is 32.2. The summed E-state index contributed by atoms with van der Waals surface area (Å²) in [5.74, 6) is -0.418. The average Bonchev–Trinajstić information content (AvgIpc) is 3.49. The number of amides is 2. The van der Waals surface area contributed by atoms with Gasteiger partial charge in [-0.25, -0.2) is 4.98 Å². The fourth-order valence-electron chi connectivity index (χ4n) is 2.49. The van der Waals surface area contributed by atoms with Gasteiger partial charge in [0.15, 0.2) is 10.9 Å². The van der Waals surface area contributed by atoms with Crippen molar-refractivity contribution in [2.24, 2.45) is 0 Å². The lowest BCUT2D eigenvalue weighted by Gasteiger charge is -2.00. The zero-order chi connectivity index (χ0) is 20.2. The van der Waals surface area contributed by atoms with Crippen LogP contribution in [0.1, 0.15) is 20.2 Å². The highest BCUT2D eigenvalue weighted by Crippen LogP contribution is 2.28. The summed E-state index contributed by atoms with van der Waals surface area (Å²) in [7, 11) is 0. The molecule has 0 saturated carbocycles. The van der Waals surface area contributed by atoms with Crippen LogP contribution in [0, 0.1) is 0 Å². The summed E-state index contributed by atoms with van der Waals surface area (Å²) in [4.78, 5) is 30.7. The molecule has 6 nitrogen and oxygen atoms in total. The zero-order valence-corrected chi connectivity index (χ0v) is 17.6. The van der Waals surface area contributed by atoms with Crippen molar-refractivity contribution in [3.63, 3.8) is 0 Å². The molecule has 2 amide bonds. The molecule has 0 spiro atoms. The van der Waals surface area contributed by atoms with Gasteiger partial charge in [-0.15, -0.1) is 34.4 Å². The molecular weight excluding hydrogens is 426 g/mol. The van der Waals surface area contributed by atoms with Crippen LogP contribution in [0.3, 0.4) is 0 Å². The Kier molecular flexibility index (Phi) is 5.79. The standard InChI is InChI=1S/C20H15N3O3S3/c1-27-13-6-4-12(5-7-13)14-11-28-20(21-14)23-19(25)16-8-9-17(29-16)22-18(24)15-3-2-10-26-15/h2-11H,1H3,(H,22,24)(H,21,23,25). The highest BCUT2D eigenvalue weighted by Gasteiger charge is 2.15. The number of nitrogens with one attached hydrogen (secondary N) is 2. The lowest BCUT2D eigenvalue weighted by atomic mass is 10.2. The summed E-state index contributed by atoms with van der Waals surface area (Å²) in [6, 6.07) is 14.7. The van der Waals surface area contributed by atoms with Crippen LogP contribution in [0.5, 0.6) is 0 Å². The summed E-state index contributed by atoms with van der Waals surface area (Å²) in [5, 5.41) is 8.51. The highest BCUT2D eigenvalue weighted by molar-refractivity contribution is 7.98. The Hall–Kier alpha value is -2.88. The number of benzene rings is 1. The first kappa shape index (κ1) is 19.4. The van der Waals surface area contributed by atoms with Crippen molar-refractivity contribution in [1.29, 1.82) is 0 Å². The maximum atomic E-state index is 12.5. The molecule has 0 unspecified atom stereocenters. The molecule has 2 N–H and O–H groups in total. The maximum Gasteiger partial charge on any atom is 0.291 e. The molecule has 0 bridgehead atoms. The van der Waals surface area contributed by atoms with E-state index in [-0.39, 0.29) is 17.6 Å². The third-order valence-electron chi connectivity index (χ3n) is 3.92. The lowest BCUT2D eigenvalue weighted by molar-refractivity contribution is 0.0995. The van der Waals surface area contributed by atoms with Gasteiger partial charge in [-0.1, -0.05) is 12.1 Å². The van der Waals surface area contributed by atoms with Gasteiger partial charge in [0.2, 0.25) is 0 Å². The number of rotatable bonds is 6. The molecule has 1 aromatic carbocycles. The van der Waals surface area contributed by atoms with E-state index in [4.69, 9.17) is 4.42 Å². The number of nitrogens with zero attached hydrogens (tertiary/aromatic N) is 1. The summed E-state index contributed by atoms with van der Waals surface area (Å²) in [5.41, 5.74) is 1.81. The molecule has 4 rings (SSSR count). The second kappa shape index (κ2) is 8.64. The Bertz CT molecular complexity index is 1130. The SMILES string of the molecule is CSc1ccc(-c2csc(NC(=O)c3ccc(NC(=O)c4ccco4)s3)n2)cc1. The van der Waals surface area contributed by atoms with E-state index in [9.17, 15) is 9.59 Å². The summed E-state index contributed by atoms with van der Waals surface area (Å²) >= 11 is 4.23. The molecule has 3 aromatic heterocycles. The van der Waals surface area contributed by atoms with E-state index in [0.29, 0.717) is 15.0 Å². The van der Waals surface area contributed by atoms with Gasteiger partial charge < -0.3 is 9.73 Å². The van der Waals surface area contributed by atoms with E-state index >= 15 is 0 Å². The van der Waals surface area contributed by atoms with E-state index in [1.165, 1.54) is 33.8 Å². The summed E-state index contributed by atoms with van der Waals surface area (Å²) in [6.45, 7) is 0. The molecule has 0 aliphatic heterocycles. The van der Waals surface area contributed by atoms with Crippen LogP contribution in [-0.2, 0) is 0 Å². The number of thioether (sulfide) groups is 1. The monoisotopic (exact) mass is 441 g/mol. The Morgan fingerprint density at radius 1 is 1.03 bits per heavy atom. The van der Waals surface area contributed by atoms with Crippen molar-refractivity contribution in [1.82, 2.24) is 4.98 Å². The molecule has 9 heteroatoms. The van der Waals surface area contributed by atoms with Crippen molar-refractivity contribution in [3.8, 4) is 11.3 Å². The van der Waals surface area contributed by atoms with E-state index in [1.54, 1.807) is 36.0 Å². The number of anilines is 2. The summed E-state index contributed by atoms with van der Waals surface area (Å²) < 4.78 is 5.06. The van der Waals surface area contributed by atoms with Crippen LogP contribution in [0.4, 0.5) is 10.1 Å². The summed E-state index contributed by atoms with van der Waals surface area (Å²) in [6.07, 6.45) is 3.46. The van der Waals surface area contributed by atoms with Gasteiger partial charge in [0.25, 0.3) is 11.8 Å². The van der Waals surface area contributed by atoms with Gasteiger partial charge in [0.05, 0.1) is 21.8 Å². The molecule has 3 heterocycles. The van der Waals surface area contributed by atoms with Crippen molar-refractivity contribution in [2.45, 2.75) is 4.90 Å². The van der Waals surface area contributed by atoms with Crippen LogP contribution < -0.4 is 10.6 Å². The van der Waals surface area contributed by atoms with Crippen LogP contribution >= 0.6 is 34.4 Å². The van der Waals surface area contributed by atoms with Gasteiger partial charge in [0.1, 0.15) is 0 Å². The third kappa shape index (κ3) is 4.58. The lowest BCUT2D eigenvalue weighted by Crippen LogP contribution is -2.10. The molecule has 146 valence electrons. The van der Waals surface area contributed by atoms with Crippen LogP contribution in [-0.4, -0.2) is 23.1 Å². The van der Waals surface area contributed by atoms with Gasteiger partial charge in [-0.2, -0.15) is 0 Å². The van der Waals surface area contributed by atoms with Crippen molar-refractivity contribution in [2.75, 3.05) is 16.9 Å². The van der Waals surface area contributed by atoms with E-state index in [1.807, 2.05) is 35.9 Å². The minimum absolute atomic E-state index is 0.213. The average molecular weight is 442 g/mol. The molecule has 0 atom stereocenters. The molecule has 0 fully saturated rings. The predicted octanol–water partition coefficient (Wildman–Crippen LogP) is 5.69. The fourth-order valence-corrected chi connectivity index (χ4v) is 4.41. The van der Waals surface area contributed by atoms with Crippen molar-refractivity contribution >= 4 is 56.4 Å². The second-order valence-corrected chi connectivity index (χ2v) is 8.64. The molecular formula is C20H15N3O3S3. The predicted molar refractivity (Wildman–Crippen MR) is 118 cm³/mol. The van der Waals surface area contributed by atoms with Crippen LogP contribution in [0.25, 0.3) is 11.3 Å². The van der Waals surface area contributed by atoms with Crippen molar-refractivity contribution < 1.29 is 14.0 Å². The number of aromatic nitrogens is 1. The number of hydrogen-bond acceptors (Lipinski definition) is 7. The Balaban J connectivity index is 1.40. The second-order valence-electron chi connectivity index (χ2n) is 5.82. The van der Waals surface area contributed by atoms with Crippen LogP contribution in [0.2, 0.25) is 0 Å². The largest absolute Gasteiger partial charge is 0.459 e. The zero-order valence-electron chi connectivity index (χ0n) is 15.2. The Morgan fingerprint density at radius 2 is 1.86 bits per heavy atom. The number of carbonyl (C=O) groups is 2. The quantitative estimate of drug-likeness (QED) is 0.376.